The number of rotatable bonds is 3. The molecule has 2 aromatic carbocycles. The van der Waals surface area contributed by atoms with Crippen molar-refractivity contribution in [3.8, 4) is 11.3 Å². The summed E-state index contributed by atoms with van der Waals surface area (Å²) in [5.41, 5.74) is 3.22. The Morgan fingerprint density at radius 1 is 0.962 bits per heavy atom. The number of aromatic nitrogens is 2. The van der Waals surface area contributed by atoms with Crippen molar-refractivity contribution < 1.29 is 9.18 Å². The van der Waals surface area contributed by atoms with Crippen LogP contribution in [-0.2, 0) is 0 Å². The van der Waals surface area contributed by atoms with Crippen LogP contribution in [0.5, 0.6) is 0 Å². The number of hydrogen-bond donors (Lipinski definition) is 1. The third kappa shape index (κ3) is 3.31. The van der Waals surface area contributed by atoms with Gasteiger partial charge in [-0.2, -0.15) is 5.10 Å². The Bertz CT molecular complexity index is 884. The predicted octanol–water partition coefficient (Wildman–Crippen LogP) is 3.18. The Kier molecular flexibility index (Phi) is 4.39. The number of carbonyl (C=O) groups is 1. The minimum atomic E-state index is -0.240. The third-order valence-corrected chi connectivity index (χ3v) is 4.64. The van der Waals surface area contributed by atoms with Crippen molar-refractivity contribution in [2.75, 3.05) is 31.1 Å². The number of halogens is 1. The van der Waals surface area contributed by atoms with Gasteiger partial charge < -0.3 is 9.80 Å². The van der Waals surface area contributed by atoms with E-state index in [0.717, 1.165) is 30.0 Å². The zero-order valence-corrected chi connectivity index (χ0v) is 14.2. The van der Waals surface area contributed by atoms with Crippen molar-refractivity contribution in [3.63, 3.8) is 0 Å². The summed E-state index contributed by atoms with van der Waals surface area (Å²) in [4.78, 5) is 16.7. The van der Waals surface area contributed by atoms with Gasteiger partial charge >= 0.3 is 0 Å². The molecule has 0 atom stereocenters. The number of anilines is 1. The lowest BCUT2D eigenvalue weighted by Gasteiger charge is -2.35. The van der Waals surface area contributed by atoms with Crippen molar-refractivity contribution in [1.29, 1.82) is 0 Å². The second kappa shape index (κ2) is 7.00. The number of carbonyl (C=O) groups excluding carboxylic acids is 1. The van der Waals surface area contributed by atoms with E-state index in [4.69, 9.17) is 0 Å². The fourth-order valence-corrected chi connectivity index (χ4v) is 3.18. The van der Waals surface area contributed by atoms with Gasteiger partial charge in [-0.25, -0.2) is 4.39 Å². The molecule has 0 radical (unpaired) electrons. The SMILES string of the molecule is O=C(c1cc(-c2ccccc2)n[nH]1)N1CCN(c2ccc(F)cc2)CC1. The summed E-state index contributed by atoms with van der Waals surface area (Å²) in [5, 5.41) is 7.11. The highest BCUT2D eigenvalue weighted by Crippen LogP contribution is 2.20. The molecule has 1 aromatic heterocycles. The number of piperazine rings is 1. The molecule has 26 heavy (non-hydrogen) atoms. The first kappa shape index (κ1) is 16.3. The summed E-state index contributed by atoms with van der Waals surface area (Å²) in [7, 11) is 0. The first-order chi connectivity index (χ1) is 12.7. The first-order valence-electron chi connectivity index (χ1n) is 8.61. The molecule has 1 N–H and O–H groups in total. The lowest BCUT2D eigenvalue weighted by atomic mass is 10.1. The molecule has 1 aliphatic rings. The van der Waals surface area contributed by atoms with Gasteiger partial charge in [0.05, 0.1) is 5.69 Å². The Hall–Kier alpha value is -3.15. The van der Waals surface area contributed by atoms with Crippen LogP contribution in [0.25, 0.3) is 11.3 Å². The fraction of sp³-hybridized carbons (Fsp3) is 0.200. The van der Waals surface area contributed by atoms with E-state index in [1.807, 2.05) is 35.2 Å². The van der Waals surface area contributed by atoms with E-state index >= 15 is 0 Å². The standard InChI is InChI=1S/C20H19FN4O/c21-16-6-8-17(9-7-16)24-10-12-25(13-11-24)20(26)19-14-18(22-23-19)15-4-2-1-3-5-15/h1-9,14H,10-13H2,(H,22,23). The summed E-state index contributed by atoms with van der Waals surface area (Å²) in [6.45, 7) is 2.68. The van der Waals surface area contributed by atoms with Crippen LogP contribution < -0.4 is 4.90 Å². The molecule has 0 saturated carbocycles. The van der Waals surface area contributed by atoms with Crippen LogP contribution in [-0.4, -0.2) is 47.2 Å². The van der Waals surface area contributed by atoms with Crippen molar-refractivity contribution >= 4 is 11.6 Å². The second-order valence-electron chi connectivity index (χ2n) is 6.29. The van der Waals surface area contributed by atoms with Crippen molar-refractivity contribution in [1.82, 2.24) is 15.1 Å². The number of hydrogen-bond acceptors (Lipinski definition) is 3. The molecule has 0 bridgehead atoms. The van der Waals surface area contributed by atoms with Crippen LogP contribution in [0.15, 0.2) is 60.7 Å². The van der Waals surface area contributed by atoms with Crippen molar-refractivity contribution in [2.45, 2.75) is 0 Å². The second-order valence-corrected chi connectivity index (χ2v) is 6.29. The molecule has 0 aliphatic carbocycles. The Balaban J connectivity index is 1.41. The molecule has 1 aliphatic heterocycles. The molecule has 6 heteroatoms. The van der Waals surface area contributed by atoms with Gasteiger partial charge in [-0.1, -0.05) is 30.3 Å². The van der Waals surface area contributed by atoms with Gasteiger partial charge in [-0.3, -0.25) is 9.89 Å². The molecule has 1 saturated heterocycles. The fourth-order valence-electron chi connectivity index (χ4n) is 3.18. The van der Waals surface area contributed by atoms with Gasteiger partial charge in [0.25, 0.3) is 5.91 Å². The number of aromatic amines is 1. The summed E-state index contributed by atoms with van der Waals surface area (Å²) >= 11 is 0. The average Bonchev–Trinajstić information content (AvgIpc) is 3.19. The van der Waals surface area contributed by atoms with E-state index in [1.165, 1.54) is 12.1 Å². The highest BCUT2D eigenvalue weighted by Gasteiger charge is 2.23. The van der Waals surface area contributed by atoms with Gasteiger partial charge in [0.1, 0.15) is 11.5 Å². The van der Waals surface area contributed by atoms with Crippen LogP contribution in [0.3, 0.4) is 0 Å². The van der Waals surface area contributed by atoms with E-state index in [0.29, 0.717) is 18.8 Å². The zero-order valence-electron chi connectivity index (χ0n) is 14.2. The lowest BCUT2D eigenvalue weighted by molar-refractivity contribution is 0.0741. The Labute approximate surface area is 151 Å². The minimum Gasteiger partial charge on any atom is -0.368 e. The largest absolute Gasteiger partial charge is 0.368 e. The van der Waals surface area contributed by atoms with E-state index in [9.17, 15) is 9.18 Å². The van der Waals surface area contributed by atoms with Gasteiger partial charge in [0, 0.05) is 37.4 Å². The molecule has 1 amide bonds. The maximum atomic E-state index is 13.1. The maximum Gasteiger partial charge on any atom is 0.272 e. The Morgan fingerprint density at radius 2 is 1.65 bits per heavy atom. The van der Waals surface area contributed by atoms with Crippen LogP contribution >= 0.6 is 0 Å². The third-order valence-electron chi connectivity index (χ3n) is 4.64. The van der Waals surface area contributed by atoms with Crippen molar-refractivity contribution in [2.24, 2.45) is 0 Å². The molecule has 4 rings (SSSR count). The van der Waals surface area contributed by atoms with Crippen LogP contribution in [0, 0.1) is 5.82 Å². The maximum absolute atomic E-state index is 13.1. The highest BCUT2D eigenvalue weighted by molar-refractivity contribution is 5.93. The van der Waals surface area contributed by atoms with E-state index in [2.05, 4.69) is 15.1 Å². The molecular formula is C20H19FN4O. The predicted molar refractivity (Wildman–Crippen MR) is 98.5 cm³/mol. The highest BCUT2D eigenvalue weighted by atomic mass is 19.1. The summed E-state index contributed by atoms with van der Waals surface area (Å²) in [6.07, 6.45) is 0. The van der Waals surface area contributed by atoms with Crippen LogP contribution in [0.4, 0.5) is 10.1 Å². The molecule has 1 fully saturated rings. The summed E-state index contributed by atoms with van der Waals surface area (Å²) in [5.74, 6) is -0.283. The normalized spacial score (nSPS) is 14.5. The Morgan fingerprint density at radius 3 is 2.35 bits per heavy atom. The first-order valence-corrected chi connectivity index (χ1v) is 8.61. The summed E-state index contributed by atoms with van der Waals surface area (Å²) in [6, 6.07) is 18.0. The average molecular weight is 350 g/mol. The van der Waals surface area contributed by atoms with Crippen LogP contribution in [0.2, 0.25) is 0 Å². The minimum absolute atomic E-state index is 0.0431. The lowest BCUT2D eigenvalue weighted by Crippen LogP contribution is -2.48. The zero-order chi connectivity index (χ0) is 17.9. The van der Waals surface area contributed by atoms with Gasteiger partial charge in [0.2, 0.25) is 0 Å². The number of nitrogens with one attached hydrogen (secondary N) is 1. The van der Waals surface area contributed by atoms with Crippen LogP contribution in [0.1, 0.15) is 10.5 Å². The van der Waals surface area contributed by atoms with Gasteiger partial charge in [-0.15, -0.1) is 0 Å². The van der Waals surface area contributed by atoms with E-state index < -0.39 is 0 Å². The molecule has 2 heterocycles. The van der Waals surface area contributed by atoms with Gasteiger partial charge in [-0.05, 0) is 30.3 Å². The number of H-pyrrole nitrogens is 1. The van der Waals surface area contributed by atoms with Gasteiger partial charge in [0.15, 0.2) is 0 Å². The van der Waals surface area contributed by atoms with E-state index in [1.54, 1.807) is 18.2 Å². The van der Waals surface area contributed by atoms with Crippen molar-refractivity contribution in [3.05, 3.63) is 72.2 Å². The number of nitrogens with zero attached hydrogens (tertiary/aromatic N) is 3. The molecule has 0 spiro atoms. The molecule has 0 unspecified atom stereocenters. The quantitative estimate of drug-likeness (QED) is 0.789. The number of benzene rings is 2. The molecule has 3 aromatic rings. The smallest absolute Gasteiger partial charge is 0.272 e. The summed E-state index contributed by atoms with van der Waals surface area (Å²) < 4.78 is 13.1. The number of amides is 1. The topological polar surface area (TPSA) is 52.2 Å². The molecular weight excluding hydrogens is 331 g/mol. The van der Waals surface area contributed by atoms with E-state index in [-0.39, 0.29) is 11.7 Å². The molecule has 5 nitrogen and oxygen atoms in total. The molecule has 132 valence electrons. The monoisotopic (exact) mass is 350 g/mol.